The van der Waals surface area contributed by atoms with Gasteiger partial charge in [-0.3, -0.25) is 4.98 Å². The van der Waals surface area contributed by atoms with Crippen molar-refractivity contribution in [2.24, 2.45) is 0 Å². The molecule has 2 unspecified atom stereocenters. The van der Waals surface area contributed by atoms with E-state index in [0.717, 1.165) is 24.7 Å². The summed E-state index contributed by atoms with van der Waals surface area (Å²) in [6, 6.07) is 4.29. The van der Waals surface area contributed by atoms with Crippen molar-refractivity contribution in [2.75, 3.05) is 11.4 Å². The van der Waals surface area contributed by atoms with Crippen molar-refractivity contribution < 1.29 is 0 Å². The van der Waals surface area contributed by atoms with Gasteiger partial charge >= 0.3 is 0 Å². The first kappa shape index (κ1) is 12.0. The van der Waals surface area contributed by atoms with Crippen molar-refractivity contribution in [2.45, 2.75) is 57.7 Å². The Bertz CT molecular complexity index is 404. The Labute approximate surface area is 110 Å². The Hall–Kier alpha value is -1.09. The third-order valence-electron chi connectivity index (χ3n) is 4.52. The van der Waals surface area contributed by atoms with Crippen LogP contribution in [0.2, 0.25) is 0 Å². The quantitative estimate of drug-likeness (QED) is 0.887. The van der Waals surface area contributed by atoms with Gasteiger partial charge in [0.2, 0.25) is 0 Å². The zero-order valence-electron chi connectivity index (χ0n) is 11.4. The zero-order chi connectivity index (χ0) is 12.5. The number of aromatic nitrogens is 1. The summed E-state index contributed by atoms with van der Waals surface area (Å²) in [7, 11) is 0. The molecule has 0 aliphatic carbocycles. The van der Waals surface area contributed by atoms with Crippen molar-refractivity contribution in [1.29, 1.82) is 0 Å². The maximum atomic E-state index is 4.32. The first-order valence-corrected chi connectivity index (χ1v) is 7.22. The van der Waals surface area contributed by atoms with E-state index >= 15 is 0 Å². The van der Waals surface area contributed by atoms with Gasteiger partial charge in [0.1, 0.15) is 0 Å². The molecule has 2 atom stereocenters. The van der Waals surface area contributed by atoms with Crippen molar-refractivity contribution in [3.8, 4) is 0 Å². The highest BCUT2D eigenvalue weighted by Gasteiger charge is 2.40. The van der Waals surface area contributed by atoms with Crippen molar-refractivity contribution in [3.63, 3.8) is 0 Å². The number of aryl methyl sites for hydroxylation is 1. The fourth-order valence-electron chi connectivity index (χ4n) is 3.75. The maximum absolute atomic E-state index is 4.32. The van der Waals surface area contributed by atoms with Crippen LogP contribution in [0.15, 0.2) is 18.5 Å². The molecule has 3 heteroatoms. The highest BCUT2D eigenvalue weighted by atomic mass is 15.2. The Kier molecular flexibility index (Phi) is 3.25. The minimum atomic E-state index is 0.718. The summed E-state index contributed by atoms with van der Waals surface area (Å²) in [5, 5.41) is 3.63. The number of hydrogen-bond acceptors (Lipinski definition) is 3. The molecule has 1 aromatic rings. The molecule has 3 rings (SSSR count). The lowest BCUT2D eigenvalue weighted by molar-refractivity contribution is 0.361. The maximum Gasteiger partial charge on any atom is 0.0587 e. The molecule has 1 aromatic heterocycles. The van der Waals surface area contributed by atoms with E-state index in [2.05, 4.69) is 35.1 Å². The predicted octanol–water partition coefficient (Wildman–Crippen LogP) is 2.50. The Balaban J connectivity index is 1.82. The predicted molar refractivity (Wildman–Crippen MR) is 75.0 cm³/mol. The number of anilines is 1. The molecule has 2 saturated heterocycles. The summed E-state index contributed by atoms with van der Waals surface area (Å²) in [4.78, 5) is 6.96. The van der Waals surface area contributed by atoms with Crippen LogP contribution in [0, 0.1) is 6.92 Å². The molecule has 2 bridgehead atoms. The largest absolute Gasteiger partial charge is 0.364 e. The van der Waals surface area contributed by atoms with E-state index in [1.807, 2.05) is 12.4 Å². The van der Waals surface area contributed by atoms with Gasteiger partial charge in [-0.2, -0.15) is 0 Å². The van der Waals surface area contributed by atoms with Crippen LogP contribution >= 0.6 is 0 Å². The monoisotopic (exact) mass is 245 g/mol. The molecule has 0 saturated carbocycles. The standard InChI is InChI=1S/C15H23N3/c1-3-17-12-8-13-4-5-14(9-12)18(13)15-10-16-7-6-11(15)2/h6-7,10,12-14,17H,3-5,8-9H2,1-2H3. The normalized spacial score (nSPS) is 30.8. The molecule has 98 valence electrons. The smallest absolute Gasteiger partial charge is 0.0587 e. The van der Waals surface area contributed by atoms with Crippen LogP contribution in [-0.4, -0.2) is 29.7 Å². The van der Waals surface area contributed by atoms with Gasteiger partial charge in [-0.05, 0) is 50.8 Å². The summed E-state index contributed by atoms with van der Waals surface area (Å²) in [5.41, 5.74) is 2.73. The van der Waals surface area contributed by atoms with Gasteiger partial charge in [0.05, 0.1) is 11.9 Å². The third kappa shape index (κ3) is 2.01. The average molecular weight is 245 g/mol. The highest BCUT2D eigenvalue weighted by Crippen LogP contribution is 2.40. The highest BCUT2D eigenvalue weighted by molar-refractivity contribution is 5.54. The first-order valence-electron chi connectivity index (χ1n) is 7.22. The molecule has 0 amide bonds. The van der Waals surface area contributed by atoms with E-state index in [1.165, 1.54) is 36.9 Å². The molecule has 2 aliphatic rings. The van der Waals surface area contributed by atoms with Crippen LogP contribution < -0.4 is 10.2 Å². The zero-order valence-corrected chi connectivity index (χ0v) is 11.4. The summed E-state index contributed by atoms with van der Waals surface area (Å²) >= 11 is 0. The second-order valence-corrected chi connectivity index (χ2v) is 5.68. The van der Waals surface area contributed by atoms with Crippen molar-refractivity contribution >= 4 is 5.69 Å². The molecular formula is C15H23N3. The van der Waals surface area contributed by atoms with E-state index in [0.29, 0.717) is 0 Å². The number of nitrogens with one attached hydrogen (secondary N) is 1. The van der Waals surface area contributed by atoms with E-state index in [9.17, 15) is 0 Å². The van der Waals surface area contributed by atoms with Gasteiger partial charge in [0, 0.05) is 24.3 Å². The second kappa shape index (κ2) is 4.88. The van der Waals surface area contributed by atoms with Gasteiger partial charge in [0.25, 0.3) is 0 Å². The molecule has 0 aromatic carbocycles. The van der Waals surface area contributed by atoms with E-state index in [4.69, 9.17) is 0 Å². The fraction of sp³-hybridized carbons (Fsp3) is 0.667. The molecule has 18 heavy (non-hydrogen) atoms. The number of hydrogen-bond donors (Lipinski definition) is 1. The Morgan fingerprint density at radius 1 is 1.33 bits per heavy atom. The molecule has 0 spiro atoms. The number of pyridine rings is 1. The van der Waals surface area contributed by atoms with Gasteiger partial charge < -0.3 is 10.2 Å². The second-order valence-electron chi connectivity index (χ2n) is 5.68. The van der Waals surface area contributed by atoms with Crippen LogP contribution in [0.5, 0.6) is 0 Å². The number of piperidine rings is 1. The molecule has 2 fully saturated rings. The van der Waals surface area contributed by atoms with Gasteiger partial charge in [-0.1, -0.05) is 6.92 Å². The molecule has 3 heterocycles. The first-order chi connectivity index (χ1) is 8.79. The molecular weight excluding hydrogens is 222 g/mol. The molecule has 0 radical (unpaired) electrons. The topological polar surface area (TPSA) is 28.2 Å². The van der Waals surface area contributed by atoms with E-state index in [1.54, 1.807) is 0 Å². The third-order valence-corrected chi connectivity index (χ3v) is 4.52. The van der Waals surface area contributed by atoms with Crippen molar-refractivity contribution in [3.05, 3.63) is 24.0 Å². The van der Waals surface area contributed by atoms with Gasteiger partial charge in [0.15, 0.2) is 0 Å². The summed E-state index contributed by atoms with van der Waals surface area (Å²) < 4.78 is 0. The van der Waals surface area contributed by atoms with Crippen LogP contribution in [0.25, 0.3) is 0 Å². The van der Waals surface area contributed by atoms with E-state index in [-0.39, 0.29) is 0 Å². The molecule has 3 nitrogen and oxygen atoms in total. The minimum Gasteiger partial charge on any atom is -0.364 e. The van der Waals surface area contributed by atoms with Crippen LogP contribution in [0.1, 0.15) is 38.2 Å². The average Bonchev–Trinajstić information content (AvgIpc) is 2.62. The lowest BCUT2D eigenvalue weighted by Gasteiger charge is -2.41. The van der Waals surface area contributed by atoms with E-state index < -0.39 is 0 Å². The SMILES string of the molecule is CCNC1CC2CCC(C1)N2c1cnccc1C. The lowest BCUT2D eigenvalue weighted by Crippen LogP contribution is -2.49. The van der Waals surface area contributed by atoms with Gasteiger partial charge in [-0.15, -0.1) is 0 Å². The summed E-state index contributed by atoms with van der Waals surface area (Å²) in [5.74, 6) is 0. The lowest BCUT2D eigenvalue weighted by atomic mass is 9.96. The number of fused-ring (bicyclic) bond motifs is 2. The summed E-state index contributed by atoms with van der Waals surface area (Å²) in [6.07, 6.45) is 9.22. The van der Waals surface area contributed by atoms with Crippen LogP contribution in [0.4, 0.5) is 5.69 Å². The fourth-order valence-corrected chi connectivity index (χ4v) is 3.75. The van der Waals surface area contributed by atoms with Gasteiger partial charge in [-0.25, -0.2) is 0 Å². The Morgan fingerprint density at radius 3 is 2.67 bits per heavy atom. The van der Waals surface area contributed by atoms with Crippen LogP contribution in [0.3, 0.4) is 0 Å². The Morgan fingerprint density at radius 2 is 2.06 bits per heavy atom. The molecule has 2 aliphatic heterocycles. The van der Waals surface area contributed by atoms with Crippen molar-refractivity contribution in [1.82, 2.24) is 10.3 Å². The summed E-state index contributed by atoms with van der Waals surface area (Å²) in [6.45, 7) is 5.50. The minimum absolute atomic E-state index is 0.718. The number of rotatable bonds is 3. The van der Waals surface area contributed by atoms with Crippen LogP contribution in [-0.2, 0) is 0 Å². The number of nitrogens with zero attached hydrogens (tertiary/aromatic N) is 2. The molecule has 1 N–H and O–H groups in total.